The lowest BCUT2D eigenvalue weighted by Gasteiger charge is -2.07. The summed E-state index contributed by atoms with van der Waals surface area (Å²) in [6.45, 7) is 1.61. The zero-order chi connectivity index (χ0) is 20.3. The summed E-state index contributed by atoms with van der Waals surface area (Å²) in [6.07, 6.45) is 0. The molecule has 0 aliphatic carbocycles. The molecule has 8 heteroatoms. The van der Waals surface area contributed by atoms with E-state index < -0.39 is 11.8 Å². The molecule has 1 aromatic heterocycles. The van der Waals surface area contributed by atoms with E-state index in [1.807, 2.05) is 6.07 Å². The molecular formula is C20H15N3O5. The Balaban J connectivity index is 1.76. The van der Waals surface area contributed by atoms with Crippen LogP contribution in [0.4, 0.5) is 0 Å². The van der Waals surface area contributed by atoms with E-state index in [0.29, 0.717) is 16.9 Å². The van der Waals surface area contributed by atoms with Gasteiger partial charge < -0.3 is 14.6 Å². The Kier molecular flexibility index (Phi) is 5.00. The predicted octanol–water partition coefficient (Wildman–Crippen LogP) is 2.61. The van der Waals surface area contributed by atoms with Gasteiger partial charge in [-0.05, 0) is 30.7 Å². The fourth-order valence-corrected chi connectivity index (χ4v) is 2.64. The predicted molar refractivity (Wildman–Crippen MR) is 98.3 cm³/mol. The van der Waals surface area contributed by atoms with Crippen LogP contribution in [0.3, 0.4) is 0 Å². The van der Waals surface area contributed by atoms with E-state index in [1.165, 1.54) is 18.2 Å². The first kappa shape index (κ1) is 18.5. The lowest BCUT2D eigenvalue weighted by Crippen LogP contribution is -2.41. The highest BCUT2D eigenvalue weighted by Gasteiger charge is 2.24. The molecule has 0 saturated heterocycles. The van der Waals surface area contributed by atoms with Crippen molar-refractivity contribution < 1.29 is 24.2 Å². The van der Waals surface area contributed by atoms with Crippen molar-refractivity contribution in [3.05, 3.63) is 71.2 Å². The number of phenols is 1. The number of furan rings is 1. The Labute approximate surface area is 159 Å². The third kappa shape index (κ3) is 3.50. The number of carbonyl (C=O) groups is 2. The molecule has 3 rings (SSSR count). The second-order valence-corrected chi connectivity index (χ2v) is 5.83. The lowest BCUT2D eigenvalue weighted by molar-refractivity contribution is 0.0827. The second-order valence-electron chi connectivity index (χ2n) is 5.83. The number of carbonyl (C=O) groups excluding carboxylic acids is 2. The summed E-state index contributed by atoms with van der Waals surface area (Å²) in [4.78, 5) is 24.4. The Bertz CT molecular complexity index is 1100. The molecule has 0 radical (unpaired) electrons. The number of amides is 2. The molecule has 0 bridgehead atoms. The lowest BCUT2D eigenvalue weighted by atomic mass is 10.1. The Morgan fingerprint density at radius 3 is 2.39 bits per heavy atom. The van der Waals surface area contributed by atoms with Crippen molar-refractivity contribution in [3.63, 3.8) is 0 Å². The van der Waals surface area contributed by atoms with Crippen molar-refractivity contribution >= 4 is 11.8 Å². The van der Waals surface area contributed by atoms with Crippen LogP contribution in [0.2, 0.25) is 0 Å². The number of hydrogen-bond acceptors (Lipinski definition) is 6. The van der Waals surface area contributed by atoms with Crippen molar-refractivity contribution in [2.75, 3.05) is 0 Å². The number of hydrazine groups is 1. The minimum atomic E-state index is -0.851. The van der Waals surface area contributed by atoms with Gasteiger partial charge in [-0.2, -0.15) is 5.26 Å². The maximum Gasteiger partial charge on any atom is 0.309 e. The summed E-state index contributed by atoms with van der Waals surface area (Å²) in [7, 11) is 0. The van der Waals surface area contributed by atoms with Gasteiger partial charge in [0, 0.05) is 5.56 Å². The summed E-state index contributed by atoms with van der Waals surface area (Å²) in [5, 5.41) is 28.7. The topological polar surface area (TPSA) is 136 Å². The van der Waals surface area contributed by atoms with Crippen LogP contribution < -0.4 is 10.9 Å². The molecule has 3 aromatic rings. The molecular weight excluding hydrogens is 362 g/mol. The highest BCUT2D eigenvalue weighted by atomic mass is 16.4. The van der Waals surface area contributed by atoms with Crippen molar-refractivity contribution in [2.24, 2.45) is 0 Å². The summed E-state index contributed by atoms with van der Waals surface area (Å²) >= 11 is 0. The van der Waals surface area contributed by atoms with E-state index in [9.17, 15) is 19.8 Å². The van der Waals surface area contributed by atoms with Crippen LogP contribution in [0, 0.1) is 18.3 Å². The van der Waals surface area contributed by atoms with Gasteiger partial charge in [0.25, 0.3) is 5.91 Å². The highest BCUT2D eigenvalue weighted by molar-refractivity contribution is 6.00. The number of aromatic hydroxyl groups is 2. The molecule has 140 valence electrons. The van der Waals surface area contributed by atoms with E-state index in [2.05, 4.69) is 10.9 Å². The molecule has 4 N–H and O–H groups in total. The van der Waals surface area contributed by atoms with Gasteiger partial charge in [-0.25, -0.2) is 0 Å². The van der Waals surface area contributed by atoms with Gasteiger partial charge in [0.15, 0.2) is 5.75 Å². The third-order valence-corrected chi connectivity index (χ3v) is 4.00. The van der Waals surface area contributed by atoms with Crippen LogP contribution in [0.1, 0.15) is 32.2 Å². The zero-order valence-corrected chi connectivity index (χ0v) is 14.7. The molecule has 0 aliphatic heterocycles. The van der Waals surface area contributed by atoms with Crippen molar-refractivity contribution in [3.8, 4) is 28.7 Å². The average Bonchev–Trinajstić information content (AvgIpc) is 3.01. The molecule has 0 spiro atoms. The van der Waals surface area contributed by atoms with Gasteiger partial charge in [0.2, 0.25) is 5.76 Å². The number of nitrogens with one attached hydrogen (secondary N) is 2. The molecule has 2 amide bonds. The highest BCUT2D eigenvalue weighted by Crippen LogP contribution is 2.37. The third-order valence-electron chi connectivity index (χ3n) is 4.00. The number of rotatable bonds is 3. The van der Waals surface area contributed by atoms with Crippen molar-refractivity contribution in [1.82, 2.24) is 10.9 Å². The normalized spacial score (nSPS) is 10.1. The summed E-state index contributed by atoms with van der Waals surface area (Å²) < 4.78 is 5.36. The van der Waals surface area contributed by atoms with Gasteiger partial charge in [-0.3, -0.25) is 20.4 Å². The van der Waals surface area contributed by atoms with Crippen LogP contribution >= 0.6 is 0 Å². The van der Waals surface area contributed by atoms with Gasteiger partial charge >= 0.3 is 5.91 Å². The summed E-state index contributed by atoms with van der Waals surface area (Å²) in [5.74, 6) is -2.16. The Morgan fingerprint density at radius 1 is 1.04 bits per heavy atom. The quantitative estimate of drug-likeness (QED) is 0.518. The largest absolute Gasteiger partial charge is 0.507 e. The molecule has 2 aromatic carbocycles. The fraction of sp³-hybridized carbons (Fsp3) is 0.0500. The SMILES string of the molecule is Cc1oc(C(=O)NNC(=O)c2ccc(O)c(C#N)c2)c(O)c1-c1ccccc1. The number of phenolic OH excluding ortho intramolecular Hbond substituents is 1. The molecule has 8 nitrogen and oxygen atoms in total. The van der Waals surface area contributed by atoms with Crippen molar-refractivity contribution in [2.45, 2.75) is 6.92 Å². The molecule has 0 fully saturated rings. The summed E-state index contributed by atoms with van der Waals surface area (Å²) in [5.41, 5.74) is 5.35. The zero-order valence-electron chi connectivity index (χ0n) is 14.7. The maximum absolute atomic E-state index is 12.3. The minimum Gasteiger partial charge on any atom is -0.507 e. The van der Waals surface area contributed by atoms with Crippen LogP contribution in [-0.2, 0) is 0 Å². The number of nitrogens with zero attached hydrogens (tertiary/aromatic N) is 1. The number of aryl methyl sites for hydroxylation is 1. The number of hydrogen-bond donors (Lipinski definition) is 4. The molecule has 0 atom stereocenters. The van der Waals surface area contributed by atoms with E-state index >= 15 is 0 Å². The molecule has 0 unspecified atom stereocenters. The fourth-order valence-electron chi connectivity index (χ4n) is 2.64. The molecule has 1 heterocycles. The van der Waals surface area contributed by atoms with Gasteiger partial charge in [0.1, 0.15) is 17.6 Å². The second kappa shape index (κ2) is 7.55. The average molecular weight is 377 g/mol. The first-order valence-corrected chi connectivity index (χ1v) is 8.14. The Morgan fingerprint density at radius 2 is 1.71 bits per heavy atom. The molecule has 0 saturated carbocycles. The standard InChI is InChI=1S/C20H15N3O5/c1-11-16(12-5-3-2-4-6-12)17(25)18(28-11)20(27)23-22-19(26)13-7-8-15(24)14(9-13)10-21/h2-9,24-25H,1H3,(H,22,26)(H,23,27). The monoisotopic (exact) mass is 377 g/mol. The van der Waals surface area contributed by atoms with Gasteiger partial charge in [-0.15, -0.1) is 0 Å². The van der Waals surface area contributed by atoms with Gasteiger partial charge in [-0.1, -0.05) is 30.3 Å². The number of benzene rings is 2. The van der Waals surface area contributed by atoms with Crippen LogP contribution in [0.5, 0.6) is 11.5 Å². The molecule has 0 aliphatic rings. The first-order chi connectivity index (χ1) is 13.4. The van der Waals surface area contributed by atoms with Crippen LogP contribution in [0.25, 0.3) is 11.1 Å². The van der Waals surface area contributed by atoms with E-state index in [4.69, 9.17) is 9.68 Å². The van der Waals surface area contributed by atoms with Crippen LogP contribution in [0.15, 0.2) is 52.9 Å². The van der Waals surface area contributed by atoms with Gasteiger partial charge in [0.05, 0.1) is 11.1 Å². The number of nitriles is 1. The minimum absolute atomic E-state index is 0.0551. The molecule has 28 heavy (non-hydrogen) atoms. The van der Waals surface area contributed by atoms with Crippen LogP contribution in [-0.4, -0.2) is 22.0 Å². The first-order valence-electron chi connectivity index (χ1n) is 8.14. The van der Waals surface area contributed by atoms with Crippen molar-refractivity contribution in [1.29, 1.82) is 5.26 Å². The van der Waals surface area contributed by atoms with E-state index in [0.717, 1.165) is 0 Å². The Hall–Kier alpha value is -4.25. The summed E-state index contributed by atoms with van der Waals surface area (Å²) in [6, 6.07) is 14.3. The smallest absolute Gasteiger partial charge is 0.309 e. The van der Waals surface area contributed by atoms with E-state index in [1.54, 1.807) is 37.3 Å². The van der Waals surface area contributed by atoms with E-state index in [-0.39, 0.29) is 28.4 Å². The maximum atomic E-state index is 12.3.